The number of piperidine rings is 1. The number of aromatic nitrogens is 1. The molecule has 8 nitrogen and oxygen atoms in total. The Hall–Kier alpha value is -2.66. The van der Waals surface area contributed by atoms with Gasteiger partial charge in [-0.15, -0.1) is 0 Å². The summed E-state index contributed by atoms with van der Waals surface area (Å²) in [7, 11) is 1.72. The molecule has 1 aromatic rings. The molecule has 156 valence electrons. The molecule has 0 aliphatic carbocycles. The molecule has 0 saturated carbocycles. The number of pyridine rings is 1. The van der Waals surface area contributed by atoms with E-state index in [1.54, 1.807) is 31.1 Å². The highest BCUT2D eigenvalue weighted by molar-refractivity contribution is 5.80. The zero-order valence-corrected chi connectivity index (χ0v) is 17.1. The fourth-order valence-electron chi connectivity index (χ4n) is 4.09. The van der Waals surface area contributed by atoms with Gasteiger partial charge >= 0.3 is 0 Å². The topological polar surface area (TPSA) is 98.6 Å². The number of nitriles is 1. The molecule has 0 aromatic carbocycles. The van der Waals surface area contributed by atoms with Crippen molar-refractivity contribution < 1.29 is 14.3 Å². The number of carbonyl (C=O) groups is 2. The van der Waals surface area contributed by atoms with Crippen molar-refractivity contribution in [3.8, 4) is 6.07 Å². The second-order valence-electron chi connectivity index (χ2n) is 7.84. The maximum Gasteiger partial charge on any atom is 0.227 e. The number of anilines is 1. The standard InChI is InChI=1S/C21H29N5O3/c1-15(27)26-13-17(21(28)25-9-7-19(29-2)8-10-25)4-5-18(14-26)24-20-6-3-16(11-22)12-23-20/h3,6,12,17-19H,4-5,7-10,13-14H2,1-2H3,(H,23,24)/t17-,18+/m1/s1. The van der Waals surface area contributed by atoms with Gasteiger partial charge in [-0.2, -0.15) is 5.26 Å². The number of ether oxygens (including phenoxy) is 1. The number of hydrogen-bond acceptors (Lipinski definition) is 6. The first kappa shape index (κ1) is 21.1. The first-order chi connectivity index (χ1) is 14.0. The molecule has 2 saturated heterocycles. The van der Waals surface area contributed by atoms with Crippen LogP contribution in [0.4, 0.5) is 5.82 Å². The van der Waals surface area contributed by atoms with Gasteiger partial charge in [0, 0.05) is 52.5 Å². The minimum Gasteiger partial charge on any atom is -0.381 e. The minimum atomic E-state index is -0.182. The monoisotopic (exact) mass is 399 g/mol. The van der Waals surface area contributed by atoms with E-state index in [0.717, 1.165) is 25.7 Å². The number of hydrogen-bond donors (Lipinski definition) is 1. The molecule has 3 rings (SSSR count). The van der Waals surface area contributed by atoms with E-state index in [2.05, 4.69) is 16.4 Å². The molecular formula is C21H29N5O3. The summed E-state index contributed by atoms with van der Waals surface area (Å²) < 4.78 is 5.40. The Morgan fingerprint density at radius 2 is 1.93 bits per heavy atom. The number of rotatable bonds is 4. The van der Waals surface area contributed by atoms with E-state index in [4.69, 9.17) is 10.00 Å². The van der Waals surface area contributed by atoms with Gasteiger partial charge in [0.25, 0.3) is 0 Å². The van der Waals surface area contributed by atoms with Crippen LogP contribution in [-0.2, 0) is 14.3 Å². The molecule has 2 aliphatic rings. The van der Waals surface area contributed by atoms with E-state index >= 15 is 0 Å². The number of nitrogens with one attached hydrogen (secondary N) is 1. The maximum atomic E-state index is 13.1. The third-order valence-electron chi connectivity index (χ3n) is 5.87. The number of methoxy groups -OCH3 is 1. The van der Waals surface area contributed by atoms with Gasteiger partial charge in [-0.25, -0.2) is 4.98 Å². The second-order valence-corrected chi connectivity index (χ2v) is 7.84. The zero-order chi connectivity index (χ0) is 20.8. The highest BCUT2D eigenvalue weighted by Gasteiger charge is 2.33. The molecule has 2 amide bonds. The van der Waals surface area contributed by atoms with Crippen molar-refractivity contribution >= 4 is 17.6 Å². The lowest BCUT2D eigenvalue weighted by molar-refractivity contribution is -0.139. The molecule has 2 fully saturated rings. The van der Waals surface area contributed by atoms with Crippen LogP contribution in [0.3, 0.4) is 0 Å². The molecular weight excluding hydrogens is 370 g/mol. The third kappa shape index (κ3) is 5.45. The summed E-state index contributed by atoms with van der Waals surface area (Å²) in [6.45, 7) is 3.97. The molecule has 1 N–H and O–H groups in total. The van der Waals surface area contributed by atoms with Gasteiger partial charge < -0.3 is 19.9 Å². The molecule has 29 heavy (non-hydrogen) atoms. The van der Waals surface area contributed by atoms with Gasteiger partial charge in [0.1, 0.15) is 11.9 Å². The minimum absolute atomic E-state index is 0.0105. The van der Waals surface area contributed by atoms with Gasteiger partial charge in [-0.1, -0.05) is 0 Å². The lowest BCUT2D eigenvalue weighted by Crippen LogP contribution is -2.46. The van der Waals surface area contributed by atoms with Gasteiger partial charge in [0.2, 0.25) is 11.8 Å². The molecule has 2 aliphatic heterocycles. The van der Waals surface area contributed by atoms with Crippen LogP contribution < -0.4 is 5.32 Å². The summed E-state index contributed by atoms with van der Waals surface area (Å²) >= 11 is 0. The third-order valence-corrected chi connectivity index (χ3v) is 5.87. The van der Waals surface area contributed by atoms with Crippen LogP contribution in [0.15, 0.2) is 18.3 Å². The number of amides is 2. The average Bonchev–Trinajstić information content (AvgIpc) is 2.97. The van der Waals surface area contributed by atoms with Crippen LogP contribution >= 0.6 is 0 Å². The summed E-state index contributed by atoms with van der Waals surface area (Å²) in [4.78, 5) is 33.2. The smallest absolute Gasteiger partial charge is 0.227 e. The Morgan fingerprint density at radius 3 is 2.52 bits per heavy atom. The Labute approximate surface area is 171 Å². The Bertz CT molecular complexity index is 753. The van der Waals surface area contributed by atoms with E-state index in [-0.39, 0.29) is 29.9 Å². The van der Waals surface area contributed by atoms with Crippen molar-refractivity contribution in [3.63, 3.8) is 0 Å². The Balaban J connectivity index is 1.64. The molecule has 0 unspecified atom stereocenters. The van der Waals surface area contributed by atoms with Gasteiger partial charge in [0.15, 0.2) is 0 Å². The quantitative estimate of drug-likeness (QED) is 0.826. The fourth-order valence-corrected chi connectivity index (χ4v) is 4.09. The number of likely N-dealkylation sites (tertiary alicyclic amines) is 2. The van der Waals surface area contributed by atoms with E-state index in [1.807, 2.05) is 4.90 Å². The van der Waals surface area contributed by atoms with E-state index < -0.39 is 0 Å². The fraction of sp³-hybridized carbons (Fsp3) is 0.619. The molecule has 3 heterocycles. The van der Waals surface area contributed by atoms with E-state index in [0.29, 0.717) is 37.6 Å². The lowest BCUT2D eigenvalue weighted by Gasteiger charge is -2.34. The molecule has 8 heteroatoms. The molecule has 0 bridgehead atoms. The summed E-state index contributed by atoms with van der Waals surface area (Å²) in [5, 5.41) is 12.3. The number of nitrogens with zero attached hydrogens (tertiary/aromatic N) is 4. The van der Waals surface area contributed by atoms with Gasteiger partial charge in [-0.05, 0) is 37.8 Å². The zero-order valence-electron chi connectivity index (χ0n) is 17.1. The highest BCUT2D eigenvalue weighted by atomic mass is 16.5. The number of carbonyl (C=O) groups excluding carboxylic acids is 2. The molecule has 1 aromatic heterocycles. The first-order valence-electron chi connectivity index (χ1n) is 10.2. The van der Waals surface area contributed by atoms with Crippen molar-refractivity contribution in [1.82, 2.24) is 14.8 Å². The van der Waals surface area contributed by atoms with E-state index in [9.17, 15) is 9.59 Å². The Morgan fingerprint density at radius 1 is 1.17 bits per heavy atom. The second kappa shape index (κ2) is 9.70. The molecule has 0 radical (unpaired) electrons. The largest absolute Gasteiger partial charge is 0.381 e. The van der Waals surface area contributed by atoms with Crippen molar-refractivity contribution in [2.45, 2.75) is 44.8 Å². The van der Waals surface area contributed by atoms with Crippen molar-refractivity contribution in [2.75, 3.05) is 38.6 Å². The van der Waals surface area contributed by atoms with Crippen LogP contribution in [0.25, 0.3) is 0 Å². The van der Waals surface area contributed by atoms with Gasteiger partial charge in [0.05, 0.1) is 17.6 Å². The van der Waals surface area contributed by atoms with Crippen LogP contribution in [0.5, 0.6) is 0 Å². The SMILES string of the molecule is COC1CCN(C(=O)[C@@H]2CC[C@H](Nc3ccc(C#N)cn3)CN(C(C)=O)C2)CC1. The van der Waals surface area contributed by atoms with Crippen LogP contribution in [0.2, 0.25) is 0 Å². The first-order valence-corrected chi connectivity index (χ1v) is 10.2. The van der Waals surface area contributed by atoms with Crippen molar-refractivity contribution in [2.24, 2.45) is 5.92 Å². The van der Waals surface area contributed by atoms with Gasteiger partial charge in [-0.3, -0.25) is 9.59 Å². The highest BCUT2D eigenvalue weighted by Crippen LogP contribution is 2.23. The van der Waals surface area contributed by atoms with Crippen molar-refractivity contribution in [3.05, 3.63) is 23.9 Å². The summed E-state index contributed by atoms with van der Waals surface area (Å²) in [6.07, 6.45) is 4.98. The van der Waals surface area contributed by atoms with Crippen LogP contribution in [0.1, 0.15) is 38.2 Å². The predicted octanol–water partition coefficient (Wildman–Crippen LogP) is 1.63. The molecule has 2 atom stereocenters. The Kier molecular flexibility index (Phi) is 7.04. The van der Waals surface area contributed by atoms with E-state index in [1.165, 1.54) is 6.20 Å². The van der Waals surface area contributed by atoms with Crippen LogP contribution in [0, 0.1) is 17.2 Å². The summed E-state index contributed by atoms with van der Waals surface area (Å²) in [5.74, 6) is 0.605. The lowest BCUT2D eigenvalue weighted by atomic mass is 9.98. The predicted molar refractivity (Wildman–Crippen MR) is 108 cm³/mol. The summed E-state index contributed by atoms with van der Waals surface area (Å²) in [6, 6.07) is 5.54. The average molecular weight is 399 g/mol. The molecule has 0 spiro atoms. The normalized spacial score (nSPS) is 23.2. The maximum absolute atomic E-state index is 13.1. The van der Waals surface area contributed by atoms with Crippen molar-refractivity contribution in [1.29, 1.82) is 5.26 Å². The summed E-state index contributed by atoms with van der Waals surface area (Å²) in [5.41, 5.74) is 0.504. The van der Waals surface area contributed by atoms with Crippen LogP contribution in [-0.4, -0.2) is 72.0 Å².